The molecule has 1 rings (SSSR count). The average Bonchev–Trinajstić information content (AvgIpc) is 2.26. The maximum absolute atomic E-state index is 11.4. The van der Waals surface area contributed by atoms with Gasteiger partial charge in [-0.3, -0.25) is 4.79 Å². The predicted octanol–water partition coefficient (Wildman–Crippen LogP) is -0.00220. The third kappa shape index (κ3) is 4.17. The number of carboxylic acid groups (broad SMARTS) is 1. The third-order valence-electron chi connectivity index (χ3n) is 2.00. The molecule has 0 aliphatic heterocycles. The van der Waals surface area contributed by atoms with E-state index in [1.807, 2.05) is 0 Å². The molecule has 9 nitrogen and oxygen atoms in total. The lowest BCUT2D eigenvalue weighted by Gasteiger charge is -2.02. The molecule has 0 aliphatic rings. The van der Waals surface area contributed by atoms with Crippen molar-refractivity contribution in [2.24, 2.45) is 0 Å². The summed E-state index contributed by atoms with van der Waals surface area (Å²) in [5, 5.41) is 19.1. The van der Waals surface area contributed by atoms with Crippen LogP contribution in [0.15, 0.2) is 12.1 Å². The van der Waals surface area contributed by atoms with Gasteiger partial charge in [0.2, 0.25) is 5.75 Å². The molecule has 0 aliphatic carbocycles. The van der Waals surface area contributed by atoms with Crippen LogP contribution in [-0.4, -0.2) is 42.3 Å². The molecule has 19 heavy (non-hydrogen) atoms. The van der Waals surface area contributed by atoms with Crippen LogP contribution in [0.3, 0.4) is 0 Å². The Kier molecular flexibility index (Phi) is 4.38. The Morgan fingerprint density at radius 2 is 2.16 bits per heavy atom. The van der Waals surface area contributed by atoms with Gasteiger partial charge in [-0.25, -0.2) is 8.42 Å². The second-order valence-electron chi connectivity index (χ2n) is 3.51. The molecule has 0 aromatic carbocycles. The SMILES string of the molecule is COc1ccc(CS(=O)(=O)CC(=O)O)nc1[N+](=O)[O-]. The van der Waals surface area contributed by atoms with Crippen molar-refractivity contribution in [3.63, 3.8) is 0 Å². The van der Waals surface area contributed by atoms with Gasteiger partial charge in [-0.15, -0.1) is 0 Å². The maximum Gasteiger partial charge on any atom is 0.406 e. The summed E-state index contributed by atoms with van der Waals surface area (Å²) in [5.74, 6) is -3.98. The van der Waals surface area contributed by atoms with Crippen LogP contribution < -0.4 is 4.74 Å². The fourth-order valence-corrected chi connectivity index (χ4v) is 2.40. The van der Waals surface area contributed by atoms with Crippen LogP contribution in [0, 0.1) is 10.1 Å². The number of ether oxygens (including phenoxy) is 1. The minimum Gasteiger partial charge on any atom is -0.489 e. The molecule has 0 saturated carbocycles. The molecule has 104 valence electrons. The number of hydrogen-bond acceptors (Lipinski definition) is 7. The van der Waals surface area contributed by atoms with Crippen LogP contribution in [0.5, 0.6) is 5.75 Å². The van der Waals surface area contributed by atoms with Crippen LogP contribution >= 0.6 is 0 Å². The molecule has 0 amide bonds. The standard InChI is InChI=1S/C9H10N2O7S/c1-18-7-3-2-6(10-9(7)11(14)15)4-19(16,17)5-8(12)13/h2-3H,4-5H2,1H3,(H,12,13). The number of pyridine rings is 1. The van der Waals surface area contributed by atoms with Crippen molar-refractivity contribution in [2.75, 3.05) is 12.9 Å². The summed E-state index contributed by atoms with van der Waals surface area (Å²) in [7, 11) is -2.71. The molecule has 10 heteroatoms. The van der Waals surface area contributed by atoms with Crippen molar-refractivity contribution in [1.82, 2.24) is 4.98 Å². The van der Waals surface area contributed by atoms with Gasteiger partial charge in [-0.1, -0.05) is 0 Å². The van der Waals surface area contributed by atoms with E-state index in [-0.39, 0.29) is 11.4 Å². The first-order valence-electron chi connectivity index (χ1n) is 4.85. The van der Waals surface area contributed by atoms with Gasteiger partial charge in [-0.2, -0.15) is 0 Å². The van der Waals surface area contributed by atoms with Crippen molar-refractivity contribution < 1.29 is 28.0 Å². The number of carboxylic acids is 1. The molecule has 0 atom stereocenters. The van der Waals surface area contributed by atoms with Crippen molar-refractivity contribution in [3.8, 4) is 5.75 Å². The lowest BCUT2D eigenvalue weighted by molar-refractivity contribution is -0.390. The summed E-state index contributed by atoms with van der Waals surface area (Å²) in [6, 6.07) is 2.43. The Balaban J connectivity index is 3.07. The Morgan fingerprint density at radius 1 is 1.53 bits per heavy atom. The molecule has 1 aromatic heterocycles. The van der Waals surface area contributed by atoms with E-state index >= 15 is 0 Å². The van der Waals surface area contributed by atoms with Gasteiger partial charge >= 0.3 is 11.8 Å². The Bertz CT molecular complexity index is 611. The van der Waals surface area contributed by atoms with Crippen LogP contribution in [-0.2, 0) is 20.4 Å². The number of aromatic nitrogens is 1. The first-order chi connectivity index (χ1) is 8.75. The quantitative estimate of drug-likeness (QED) is 0.570. The highest BCUT2D eigenvalue weighted by atomic mass is 32.2. The van der Waals surface area contributed by atoms with Crippen molar-refractivity contribution in [2.45, 2.75) is 5.75 Å². The van der Waals surface area contributed by atoms with Crippen LogP contribution in [0.25, 0.3) is 0 Å². The lowest BCUT2D eigenvalue weighted by Crippen LogP contribution is -2.17. The molecule has 1 heterocycles. The topological polar surface area (TPSA) is 137 Å². The number of rotatable bonds is 6. The van der Waals surface area contributed by atoms with Crippen molar-refractivity contribution in [3.05, 3.63) is 27.9 Å². The minimum atomic E-state index is -3.92. The largest absolute Gasteiger partial charge is 0.489 e. The van der Waals surface area contributed by atoms with E-state index in [1.165, 1.54) is 19.2 Å². The van der Waals surface area contributed by atoms with Crippen molar-refractivity contribution >= 4 is 21.6 Å². The summed E-state index contributed by atoms with van der Waals surface area (Å²) in [6.07, 6.45) is 0. The average molecular weight is 290 g/mol. The van der Waals surface area contributed by atoms with E-state index in [1.54, 1.807) is 0 Å². The van der Waals surface area contributed by atoms with E-state index in [9.17, 15) is 23.3 Å². The molecular weight excluding hydrogens is 280 g/mol. The van der Waals surface area contributed by atoms with Gasteiger partial charge < -0.3 is 20.0 Å². The second kappa shape index (κ2) is 5.61. The molecule has 0 saturated heterocycles. The zero-order valence-electron chi connectivity index (χ0n) is 9.77. The molecule has 0 spiro atoms. The van der Waals surface area contributed by atoms with Gasteiger partial charge in [0.1, 0.15) is 11.5 Å². The molecule has 0 bridgehead atoms. The van der Waals surface area contributed by atoms with Gasteiger partial charge in [0, 0.05) is 0 Å². The van der Waals surface area contributed by atoms with Gasteiger partial charge in [0.25, 0.3) is 0 Å². The molecule has 1 N–H and O–H groups in total. The summed E-state index contributed by atoms with van der Waals surface area (Å²) >= 11 is 0. The van der Waals surface area contributed by atoms with Gasteiger partial charge in [-0.05, 0) is 22.0 Å². The highest BCUT2D eigenvalue weighted by Crippen LogP contribution is 2.24. The molecule has 0 radical (unpaired) electrons. The second-order valence-corrected chi connectivity index (χ2v) is 5.58. The monoisotopic (exact) mass is 290 g/mol. The highest BCUT2D eigenvalue weighted by molar-refractivity contribution is 7.91. The van der Waals surface area contributed by atoms with E-state index in [4.69, 9.17) is 9.84 Å². The maximum atomic E-state index is 11.4. The number of nitro groups is 1. The van der Waals surface area contributed by atoms with E-state index in [0.29, 0.717) is 0 Å². The van der Waals surface area contributed by atoms with E-state index in [0.717, 1.165) is 0 Å². The van der Waals surface area contributed by atoms with E-state index < -0.39 is 38.1 Å². The fourth-order valence-electron chi connectivity index (χ4n) is 1.31. The normalized spacial score (nSPS) is 11.0. The Hall–Kier alpha value is -2.23. The summed E-state index contributed by atoms with van der Waals surface area (Å²) in [4.78, 5) is 23.8. The first kappa shape index (κ1) is 14.8. The fraction of sp³-hybridized carbons (Fsp3) is 0.333. The number of aliphatic carboxylic acids is 1. The summed E-state index contributed by atoms with van der Waals surface area (Å²) in [5.41, 5.74) is -0.117. The zero-order valence-corrected chi connectivity index (χ0v) is 10.6. The zero-order chi connectivity index (χ0) is 14.6. The molecule has 0 unspecified atom stereocenters. The molecule has 1 aromatic rings. The Labute approximate surface area is 107 Å². The summed E-state index contributed by atoms with van der Waals surface area (Å²) in [6.45, 7) is 0. The lowest BCUT2D eigenvalue weighted by atomic mass is 10.3. The minimum absolute atomic E-state index is 0.107. The number of nitrogens with zero attached hydrogens (tertiary/aromatic N) is 2. The van der Waals surface area contributed by atoms with Crippen LogP contribution in [0.2, 0.25) is 0 Å². The van der Waals surface area contributed by atoms with Gasteiger partial charge in [0.15, 0.2) is 15.5 Å². The number of sulfone groups is 1. The number of hydrogen-bond donors (Lipinski definition) is 1. The first-order valence-corrected chi connectivity index (χ1v) is 6.68. The third-order valence-corrected chi connectivity index (χ3v) is 3.42. The Morgan fingerprint density at radius 3 is 2.63 bits per heavy atom. The van der Waals surface area contributed by atoms with Crippen LogP contribution in [0.1, 0.15) is 5.69 Å². The molecular formula is C9H10N2O7S. The number of carbonyl (C=O) groups is 1. The van der Waals surface area contributed by atoms with Gasteiger partial charge in [0.05, 0.1) is 7.11 Å². The van der Waals surface area contributed by atoms with Crippen LogP contribution in [0.4, 0.5) is 5.82 Å². The molecule has 0 fully saturated rings. The number of methoxy groups -OCH3 is 1. The van der Waals surface area contributed by atoms with Crippen molar-refractivity contribution in [1.29, 1.82) is 0 Å². The highest BCUT2D eigenvalue weighted by Gasteiger charge is 2.23. The van der Waals surface area contributed by atoms with E-state index in [2.05, 4.69) is 4.98 Å². The predicted molar refractivity (Wildman–Crippen MR) is 62.6 cm³/mol. The summed E-state index contributed by atoms with van der Waals surface area (Å²) < 4.78 is 27.6. The smallest absolute Gasteiger partial charge is 0.406 e.